The maximum Gasteiger partial charge on any atom is 0.129 e. The summed E-state index contributed by atoms with van der Waals surface area (Å²) in [5.74, 6) is 1.41. The molecule has 1 aliphatic rings. The normalized spacial score (nSPS) is 21.1. The third-order valence-corrected chi connectivity index (χ3v) is 4.09. The van der Waals surface area contributed by atoms with Crippen LogP contribution in [0.5, 0.6) is 5.75 Å². The molecule has 1 aliphatic carbocycles. The Morgan fingerprint density at radius 2 is 2.14 bits per heavy atom. The van der Waals surface area contributed by atoms with Crippen molar-refractivity contribution in [2.24, 2.45) is 11.7 Å². The van der Waals surface area contributed by atoms with E-state index in [1.807, 2.05) is 24.3 Å². The van der Waals surface area contributed by atoms with Crippen LogP contribution in [0.2, 0.25) is 0 Å². The Kier molecular flexibility index (Phi) is 5.96. The van der Waals surface area contributed by atoms with Crippen LogP contribution in [-0.2, 0) is 0 Å². The van der Waals surface area contributed by atoms with E-state index in [0.717, 1.165) is 43.7 Å². The fourth-order valence-corrected chi connectivity index (χ4v) is 2.86. The van der Waals surface area contributed by atoms with Gasteiger partial charge >= 0.3 is 0 Å². The molecule has 1 aromatic carbocycles. The van der Waals surface area contributed by atoms with Gasteiger partial charge in [-0.2, -0.15) is 0 Å². The van der Waals surface area contributed by atoms with Crippen LogP contribution in [0.15, 0.2) is 24.3 Å². The number of aliphatic hydroxyl groups excluding tert-OH is 1. The van der Waals surface area contributed by atoms with Gasteiger partial charge in [0.2, 0.25) is 0 Å². The highest BCUT2D eigenvalue weighted by Crippen LogP contribution is 2.27. The molecule has 0 heterocycles. The van der Waals surface area contributed by atoms with E-state index in [0.29, 0.717) is 17.5 Å². The van der Waals surface area contributed by atoms with Crippen molar-refractivity contribution < 1.29 is 9.84 Å². The Morgan fingerprint density at radius 1 is 1.43 bits per heavy atom. The highest BCUT2D eigenvalue weighted by molar-refractivity contribution is 7.80. The van der Waals surface area contributed by atoms with Crippen LogP contribution < -0.4 is 10.5 Å². The number of hydrogen-bond donors (Lipinski definition) is 2. The number of thiocarbonyl (C=S) groups is 1. The van der Waals surface area contributed by atoms with Crippen LogP contribution >= 0.6 is 12.2 Å². The fourth-order valence-electron chi connectivity index (χ4n) is 2.69. The molecular weight excluding hydrogens is 284 g/mol. The van der Waals surface area contributed by atoms with Gasteiger partial charge in [-0.25, -0.2) is 0 Å². The summed E-state index contributed by atoms with van der Waals surface area (Å²) < 4.78 is 5.78. The third-order valence-electron chi connectivity index (χ3n) is 3.87. The minimum Gasteiger partial charge on any atom is -0.493 e. The molecule has 116 valence electrons. The molecule has 2 rings (SSSR count). The lowest BCUT2D eigenvalue weighted by atomic mass is 9.82. The Bertz CT molecular complexity index is 475. The van der Waals surface area contributed by atoms with Gasteiger partial charge in [-0.3, -0.25) is 0 Å². The second kappa shape index (κ2) is 7.73. The number of hydrogen-bond acceptors (Lipinski definition) is 4. The lowest BCUT2D eigenvalue weighted by molar-refractivity contribution is 0.0278. The standard InChI is InChI=1S/C16H24N2O2S/c1-18(11-12-9-13(19)10-12)7-4-8-20-15-6-3-2-5-14(15)16(17)21/h2-3,5-6,12-13,19H,4,7-11H2,1H3,(H2,17,21). The van der Waals surface area contributed by atoms with Crippen LogP contribution in [0.25, 0.3) is 0 Å². The third kappa shape index (κ3) is 4.95. The SMILES string of the molecule is CN(CCCOc1ccccc1C(N)=S)CC1CC(O)C1. The summed E-state index contributed by atoms with van der Waals surface area (Å²) in [4.78, 5) is 2.67. The first kappa shape index (κ1) is 16.2. The van der Waals surface area contributed by atoms with Gasteiger partial charge in [0, 0.05) is 13.1 Å². The number of aliphatic hydroxyl groups is 1. The minimum absolute atomic E-state index is 0.0664. The molecule has 0 saturated heterocycles. The number of rotatable bonds is 8. The Morgan fingerprint density at radius 3 is 2.81 bits per heavy atom. The summed E-state index contributed by atoms with van der Waals surface area (Å²) in [5, 5.41) is 9.28. The molecule has 21 heavy (non-hydrogen) atoms. The molecule has 4 nitrogen and oxygen atoms in total. The topological polar surface area (TPSA) is 58.7 Å². The first-order valence-electron chi connectivity index (χ1n) is 7.44. The molecule has 0 amide bonds. The van der Waals surface area contributed by atoms with Gasteiger partial charge < -0.3 is 20.5 Å². The molecule has 5 heteroatoms. The molecule has 0 aromatic heterocycles. The van der Waals surface area contributed by atoms with Crippen LogP contribution in [0.1, 0.15) is 24.8 Å². The van der Waals surface area contributed by atoms with E-state index in [-0.39, 0.29) is 6.10 Å². The van der Waals surface area contributed by atoms with Gasteiger partial charge in [0.15, 0.2) is 0 Å². The Hall–Kier alpha value is -1.17. The quantitative estimate of drug-likeness (QED) is 0.566. The lowest BCUT2D eigenvalue weighted by Gasteiger charge is -2.34. The molecule has 0 aliphatic heterocycles. The van der Waals surface area contributed by atoms with Crippen LogP contribution in [0.3, 0.4) is 0 Å². The Labute approximate surface area is 131 Å². The molecule has 0 atom stereocenters. The van der Waals surface area contributed by atoms with Crippen molar-refractivity contribution in [2.45, 2.75) is 25.4 Å². The highest BCUT2D eigenvalue weighted by Gasteiger charge is 2.27. The van der Waals surface area contributed by atoms with Crippen molar-refractivity contribution in [3.05, 3.63) is 29.8 Å². The first-order valence-corrected chi connectivity index (χ1v) is 7.85. The van der Waals surface area contributed by atoms with Crippen molar-refractivity contribution in [1.29, 1.82) is 0 Å². The van der Waals surface area contributed by atoms with E-state index in [1.165, 1.54) is 0 Å². The van der Waals surface area contributed by atoms with Gasteiger partial charge in [-0.05, 0) is 44.4 Å². The number of nitrogens with two attached hydrogens (primary N) is 1. The maximum absolute atomic E-state index is 9.28. The predicted octanol–water partition coefficient (Wildman–Crippen LogP) is 1.79. The number of ether oxygens (including phenoxy) is 1. The van der Waals surface area contributed by atoms with Crippen molar-refractivity contribution in [1.82, 2.24) is 4.90 Å². The summed E-state index contributed by atoms with van der Waals surface area (Å²) in [6.45, 7) is 2.69. The van der Waals surface area contributed by atoms with Gasteiger partial charge in [0.25, 0.3) is 0 Å². The first-order chi connectivity index (χ1) is 10.1. The highest BCUT2D eigenvalue weighted by atomic mass is 32.1. The molecule has 0 radical (unpaired) electrons. The predicted molar refractivity (Wildman–Crippen MR) is 88.7 cm³/mol. The summed E-state index contributed by atoms with van der Waals surface area (Å²) in [7, 11) is 2.12. The van der Waals surface area contributed by atoms with Gasteiger partial charge in [-0.15, -0.1) is 0 Å². The molecule has 3 N–H and O–H groups in total. The zero-order valence-electron chi connectivity index (χ0n) is 12.5. The van der Waals surface area contributed by atoms with E-state index < -0.39 is 0 Å². The van der Waals surface area contributed by atoms with E-state index in [1.54, 1.807) is 0 Å². The monoisotopic (exact) mass is 308 g/mol. The van der Waals surface area contributed by atoms with Crippen LogP contribution in [0, 0.1) is 5.92 Å². The average Bonchev–Trinajstić information content (AvgIpc) is 2.42. The van der Waals surface area contributed by atoms with Crippen molar-refractivity contribution >= 4 is 17.2 Å². The summed E-state index contributed by atoms with van der Waals surface area (Å²) in [5.41, 5.74) is 6.47. The van der Waals surface area contributed by atoms with E-state index in [2.05, 4.69) is 11.9 Å². The number of nitrogens with zero attached hydrogens (tertiary/aromatic N) is 1. The molecule has 1 saturated carbocycles. The minimum atomic E-state index is -0.0664. The zero-order chi connectivity index (χ0) is 15.2. The van der Waals surface area contributed by atoms with Crippen molar-refractivity contribution in [3.8, 4) is 5.75 Å². The molecule has 0 spiro atoms. The second-order valence-corrected chi connectivity index (χ2v) is 6.26. The smallest absolute Gasteiger partial charge is 0.129 e. The summed E-state index contributed by atoms with van der Waals surface area (Å²) in [6.07, 6.45) is 2.78. The fraction of sp³-hybridized carbons (Fsp3) is 0.562. The van der Waals surface area contributed by atoms with E-state index >= 15 is 0 Å². The summed E-state index contributed by atoms with van der Waals surface area (Å²) in [6, 6.07) is 7.60. The average molecular weight is 308 g/mol. The molecule has 0 unspecified atom stereocenters. The van der Waals surface area contributed by atoms with Crippen LogP contribution in [-0.4, -0.2) is 47.8 Å². The van der Waals surface area contributed by atoms with Crippen molar-refractivity contribution in [2.75, 3.05) is 26.7 Å². The molecular formula is C16H24N2O2S. The van der Waals surface area contributed by atoms with E-state index in [9.17, 15) is 5.11 Å². The second-order valence-electron chi connectivity index (χ2n) is 5.82. The molecule has 0 bridgehead atoms. The van der Waals surface area contributed by atoms with Gasteiger partial charge in [0.1, 0.15) is 10.7 Å². The maximum atomic E-state index is 9.28. The molecule has 1 fully saturated rings. The lowest BCUT2D eigenvalue weighted by Crippen LogP contribution is -2.37. The van der Waals surface area contributed by atoms with Crippen molar-refractivity contribution in [3.63, 3.8) is 0 Å². The Balaban J connectivity index is 1.66. The van der Waals surface area contributed by atoms with Crippen LogP contribution in [0.4, 0.5) is 0 Å². The largest absolute Gasteiger partial charge is 0.493 e. The van der Waals surface area contributed by atoms with Gasteiger partial charge in [-0.1, -0.05) is 24.4 Å². The van der Waals surface area contributed by atoms with E-state index in [4.69, 9.17) is 22.7 Å². The molecule has 1 aromatic rings. The number of benzene rings is 1. The summed E-state index contributed by atoms with van der Waals surface area (Å²) >= 11 is 5.02. The zero-order valence-corrected chi connectivity index (χ0v) is 13.3. The van der Waals surface area contributed by atoms with Gasteiger partial charge in [0.05, 0.1) is 18.3 Å². The number of para-hydroxylation sites is 1.